The van der Waals surface area contributed by atoms with Gasteiger partial charge < -0.3 is 10.4 Å². The van der Waals surface area contributed by atoms with E-state index in [1.807, 2.05) is 25.1 Å². The van der Waals surface area contributed by atoms with Gasteiger partial charge in [0.25, 0.3) is 5.91 Å². The Morgan fingerprint density at radius 2 is 1.79 bits per heavy atom. The Morgan fingerprint density at radius 1 is 1.08 bits per heavy atom. The summed E-state index contributed by atoms with van der Waals surface area (Å²) < 4.78 is 0. The Labute approximate surface area is 139 Å². The summed E-state index contributed by atoms with van der Waals surface area (Å²) in [6.45, 7) is 4.09. The van der Waals surface area contributed by atoms with Crippen LogP contribution in [-0.4, -0.2) is 34.5 Å². The molecule has 7 heteroatoms. The third kappa shape index (κ3) is 6.69. The van der Waals surface area contributed by atoms with Crippen molar-refractivity contribution in [1.29, 1.82) is 0 Å². The highest BCUT2D eigenvalue weighted by Crippen LogP contribution is 2.05. The van der Waals surface area contributed by atoms with Crippen LogP contribution in [-0.2, 0) is 0 Å². The van der Waals surface area contributed by atoms with E-state index in [4.69, 9.17) is 5.11 Å². The van der Waals surface area contributed by atoms with Gasteiger partial charge in [-0.3, -0.25) is 15.1 Å². The number of pyridine rings is 1. The lowest BCUT2D eigenvalue weighted by Gasteiger charge is -2.05. The molecular weight excluding hydrogens is 310 g/mol. The largest absolute Gasteiger partial charge is 0.478 e. The molecule has 1 aromatic carbocycles. The standard InChI is InChI=1S/C11H12N2O4.C6H7N/c1-2-12-11(17)13-9(14)7-4-3-5-8(6-7)10(15)16;1-6-4-2-3-5-7-6/h3-6H,2H2,1H3,(H,15,16)(H2,12,13,14,17);2-5H,1H3. The van der Waals surface area contributed by atoms with Crippen molar-refractivity contribution < 1.29 is 19.5 Å². The van der Waals surface area contributed by atoms with Gasteiger partial charge in [-0.25, -0.2) is 9.59 Å². The first-order valence-corrected chi connectivity index (χ1v) is 7.24. The van der Waals surface area contributed by atoms with E-state index in [0.717, 1.165) is 5.69 Å². The maximum absolute atomic E-state index is 11.5. The third-order valence-corrected chi connectivity index (χ3v) is 2.75. The minimum atomic E-state index is -1.13. The predicted molar refractivity (Wildman–Crippen MR) is 88.9 cm³/mol. The molecule has 0 radical (unpaired) electrons. The molecule has 7 nitrogen and oxygen atoms in total. The van der Waals surface area contributed by atoms with Gasteiger partial charge in [0.1, 0.15) is 0 Å². The molecule has 2 aromatic rings. The van der Waals surface area contributed by atoms with E-state index in [9.17, 15) is 14.4 Å². The lowest BCUT2D eigenvalue weighted by Crippen LogP contribution is -2.39. The van der Waals surface area contributed by atoms with Crippen LogP contribution in [0.5, 0.6) is 0 Å². The molecule has 0 spiro atoms. The summed E-state index contributed by atoms with van der Waals surface area (Å²) in [7, 11) is 0. The number of urea groups is 1. The van der Waals surface area contributed by atoms with E-state index in [1.54, 1.807) is 13.1 Å². The molecule has 1 heterocycles. The molecule has 0 aliphatic carbocycles. The molecular formula is C17H19N3O4. The number of nitrogens with one attached hydrogen (secondary N) is 2. The average Bonchev–Trinajstić information content (AvgIpc) is 2.56. The van der Waals surface area contributed by atoms with E-state index < -0.39 is 17.9 Å². The number of hydrogen-bond acceptors (Lipinski definition) is 4. The molecule has 1 aromatic heterocycles. The number of benzene rings is 1. The maximum atomic E-state index is 11.5. The highest BCUT2D eigenvalue weighted by Gasteiger charge is 2.11. The first-order chi connectivity index (χ1) is 11.4. The smallest absolute Gasteiger partial charge is 0.335 e. The molecule has 126 valence electrons. The van der Waals surface area contributed by atoms with Gasteiger partial charge in [0.05, 0.1) is 5.56 Å². The number of hydrogen-bond donors (Lipinski definition) is 3. The molecule has 0 saturated carbocycles. The second-order valence-electron chi connectivity index (χ2n) is 4.67. The molecule has 3 N–H and O–H groups in total. The van der Waals surface area contributed by atoms with Crippen LogP contribution in [0.25, 0.3) is 0 Å². The van der Waals surface area contributed by atoms with Crippen molar-refractivity contribution >= 4 is 17.9 Å². The van der Waals surface area contributed by atoms with Crippen LogP contribution in [0, 0.1) is 6.92 Å². The van der Waals surface area contributed by atoms with E-state index in [0.29, 0.717) is 6.54 Å². The lowest BCUT2D eigenvalue weighted by molar-refractivity contribution is 0.0697. The van der Waals surface area contributed by atoms with Gasteiger partial charge in [0, 0.05) is 24.0 Å². The van der Waals surface area contributed by atoms with Gasteiger partial charge in [-0.1, -0.05) is 12.1 Å². The van der Waals surface area contributed by atoms with Crippen LogP contribution in [0.15, 0.2) is 48.7 Å². The molecule has 3 amide bonds. The Balaban J connectivity index is 0.000000341. The van der Waals surface area contributed by atoms with Crippen LogP contribution in [0.2, 0.25) is 0 Å². The molecule has 0 bridgehead atoms. The molecule has 0 atom stereocenters. The van der Waals surface area contributed by atoms with Gasteiger partial charge in [-0.2, -0.15) is 0 Å². The summed E-state index contributed by atoms with van der Waals surface area (Å²) >= 11 is 0. The topological polar surface area (TPSA) is 108 Å². The summed E-state index contributed by atoms with van der Waals surface area (Å²) in [6.07, 6.45) is 1.79. The van der Waals surface area contributed by atoms with Gasteiger partial charge in [-0.05, 0) is 44.2 Å². The van der Waals surface area contributed by atoms with Crippen molar-refractivity contribution in [3.05, 3.63) is 65.5 Å². The number of nitrogens with zero attached hydrogens (tertiary/aromatic N) is 1. The number of aromatic carboxylic acids is 1. The summed E-state index contributed by atoms with van der Waals surface area (Å²) in [5, 5.41) is 13.2. The van der Waals surface area contributed by atoms with Gasteiger partial charge in [-0.15, -0.1) is 0 Å². The number of aromatic nitrogens is 1. The van der Waals surface area contributed by atoms with Crippen LogP contribution < -0.4 is 10.6 Å². The predicted octanol–water partition coefficient (Wildman–Crippen LogP) is 2.23. The number of rotatable bonds is 3. The van der Waals surface area contributed by atoms with Crippen LogP contribution in [0.1, 0.15) is 33.3 Å². The van der Waals surface area contributed by atoms with Gasteiger partial charge >= 0.3 is 12.0 Å². The Morgan fingerprint density at radius 3 is 2.29 bits per heavy atom. The van der Waals surface area contributed by atoms with E-state index >= 15 is 0 Å². The summed E-state index contributed by atoms with van der Waals surface area (Å²) in [5.41, 5.74) is 1.19. The van der Waals surface area contributed by atoms with Gasteiger partial charge in [0.2, 0.25) is 0 Å². The second-order valence-corrected chi connectivity index (χ2v) is 4.67. The number of imide groups is 1. The van der Waals surface area contributed by atoms with E-state index in [-0.39, 0.29) is 11.1 Å². The molecule has 24 heavy (non-hydrogen) atoms. The fraction of sp³-hybridized carbons (Fsp3) is 0.176. The highest BCUT2D eigenvalue weighted by molar-refractivity contribution is 6.05. The van der Waals surface area contributed by atoms with Crippen LogP contribution in [0.4, 0.5) is 4.79 Å². The number of carboxylic acid groups (broad SMARTS) is 1. The second kappa shape index (κ2) is 9.73. The third-order valence-electron chi connectivity index (χ3n) is 2.75. The number of carbonyl (C=O) groups is 3. The Bertz CT molecular complexity index is 702. The van der Waals surface area contributed by atoms with Crippen molar-refractivity contribution in [2.45, 2.75) is 13.8 Å². The normalized spacial score (nSPS) is 9.25. The molecule has 2 rings (SSSR count). The van der Waals surface area contributed by atoms with E-state index in [2.05, 4.69) is 15.6 Å². The maximum Gasteiger partial charge on any atom is 0.335 e. The fourth-order valence-corrected chi connectivity index (χ4v) is 1.62. The Kier molecular flexibility index (Phi) is 7.63. The quantitative estimate of drug-likeness (QED) is 0.800. The molecule has 0 aliphatic heterocycles. The van der Waals surface area contributed by atoms with Crippen molar-refractivity contribution in [3.63, 3.8) is 0 Å². The van der Waals surface area contributed by atoms with Crippen LogP contribution >= 0.6 is 0 Å². The number of aryl methyl sites for hydroxylation is 1. The summed E-state index contributed by atoms with van der Waals surface area (Å²) in [6, 6.07) is 10.7. The van der Waals surface area contributed by atoms with Crippen molar-refractivity contribution in [3.8, 4) is 0 Å². The van der Waals surface area contributed by atoms with Crippen molar-refractivity contribution in [1.82, 2.24) is 15.6 Å². The molecule has 0 saturated heterocycles. The fourth-order valence-electron chi connectivity index (χ4n) is 1.62. The molecule has 0 fully saturated rings. The Hall–Kier alpha value is -3.22. The lowest BCUT2D eigenvalue weighted by atomic mass is 10.1. The van der Waals surface area contributed by atoms with Crippen LogP contribution in [0.3, 0.4) is 0 Å². The monoisotopic (exact) mass is 329 g/mol. The SMILES string of the molecule is CCNC(=O)NC(=O)c1cccc(C(=O)O)c1.Cc1ccccn1. The van der Waals surface area contributed by atoms with Crippen molar-refractivity contribution in [2.24, 2.45) is 0 Å². The first kappa shape index (κ1) is 18.8. The van der Waals surface area contributed by atoms with Gasteiger partial charge in [0.15, 0.2) is 0 Å². The van der Waals surface area contributed by atoms with E-state index in [1.165, 1.54) is 24.3 Å². The number of amides is 3. The molecule has 0 unspecified atom stereocenters. The van der Waals surface area contributed by atoms with Crippen molar-refractivity contribution in [2.75, 3.05) is 6.54 Å². The number of carboxylic acids is 1. The zero-order valence-corrected chi connectivity index (χ0v) is 13.4. The number of carbonyl (C=O) groups excluding carboxylic acids is 2. The zero-order valence-electron chi connectivity index (χ0n) is 13.4. The zero-order chi connectivity index (χ0) is 17.9. The minimum Gasteiger partial charge on any atom is -0.478 e. The molecule has 0 aliphatic rings. The first-order valence-electron chi connectivity index (χ1n) is 7.24. The minimum absolute atomic E-state index is 0.00597. The summed E-state index contributed by atoms with van der Waals surface area (Å²) in [4.78, 5) is 37.3. The highest BCUT2D eigenvalue weighted by atomic mass is 16.4. The average molecular weight is 329 g/mol. The summed E-state index contributed by atoms with van der Waals surface area (Å²) in [5.74, 6) is -1.77.